The Kier molecular flexibility index (Phi) is 4.26. The smallest absolute Gasteiger partial charge is 0.233 e. The van der Waals surface area contributed by atoms with E-state index in [1.165, 1.54) is 4.68 Å². The summed E-state index contributed by atoms with van der Waals surface area (Å²) < 4.78 is 43.7. The van der Waals surface area contributed by atoms with Gasteiger partial charge in [0.1, 0.15) is 5.69 Å². The molecule has 0 aliphatic rings. The Morgan fingerprint density at radius 3 is 2.37 bits per heavy atom. The van der Waals surface area contributed by atoms with Gasteiger partial charge in [-0.25, -0.2) is 9.67 Å². The highest BCUT2D eigenvalue weighted by Crippen LogP contribution is 2.40. The maximum Gasteiger partial charge on any atom is 0.417 e. The molecule has 0 N–H and O–H groups in total. The fourth-order valence-electron chi connectivity index (χ4n) is 3.05. The number of benzene rings is 2. The number of fused-ring (bicyclic) bond motifs is 1. The fraction of sp³-hybridized carbons (Fsp3) is 0.100. The van der Waals surface area contributed by atoms with Crippen LogP contribution >= 0.6 is 15.9 Å². The Morgan fingerprint density at radius 2 is 1.70 bits per heavy atom. The maximum atomic E-state index is 13.8. The van der Waals surface area contributed by atoms with Gasteiger partial charge in [0.25, 0.3) is 0 Å². The van der Waals surface area contributed by atoms with Gasteiger partial charge in [-0.2, -0.15) is 18.3 Å². The van der Waals surface area contributed by atoms with Gasteiger partial charge in [0.2, 0.25) is 0 Å². The van der Waals surface area contributed by atoms with Crippen LogP contribution in [0.3, 0.4) is 0 Å². The summed E-state index contributed by atoms with van der Waals surface area (Å²) in [7, 11) is 0. The first kappa shape index (κ1) is 17.7. The Bertz CT molecular complexity index is 1130. The van der Waals surface area contributed by atoms with Gasteiger partial charge in [0.15, 0.2) is 5.65 Å². The Labute approximate surface area is 161 Å². The van der Waals surface area contributed by atoms with Crippen LogP contribution < -0.4 is 0 Å². The number of hydrogen-bond donors (Lipinski definition) is 0. The number of aryl methyl sites for hydroxylation is 1. The van der Waals surface area contributed by atoms with Crippen molar-refractivity contribution in [1.82, 2.24) is 14.8 Å². The van der Waals surface area contributed by atoms with Crippen molar-refractivity contribution in [3.05, 3.63) is 76.4 Å². The SMILES string of the molecule is Cc1cc(C(F)(F)F)c2c(-c3cccc(Br)c3)nn(-c3ccccc3)c2n1. The number of pyridine rings is 1. The number of halogens is 4. The van der Waals surface area contributed by atoms with E-state index in [-0.39, 0.29) is 22.4 Å². The van der Waals surface area contributed by atoms with E-state index in [9.17, 15) is 13.2 Å². The first-order valence-electron chi connectivity index (χ1n) is 8.13. The molecule has 0 aliphatic carbocycles. The van der Waals surface area contributed by atoms with Crippen LogP contribution in [0, 0.1) is 6.92 Å². The van der Waals surface area contributed by atoms with Crippen molar-refractivity contribution < 1.29 is 13.2 Å². The van der Waals surface area contributed by atoms with Gasteiger partial charge in [0, 0.05) is 15.7 Å². The minimum atomic E-state index is -4.52. The Balaban J connectivity index is 2.14. The first-order valence-corrected chi connectivity index (χ1v) is 8.93. The minimum absolute atomic E-state index is 0.00458. The van der Waals surface area contributed by atoms with Crippen LogP contribution in [0.5, 0.6) is 0 Å². The third-order valence-corrected chi connectivity index (χ3v) is 4.66. The molecule has 4 aromatic rings. The molecule has 2 aromatic heterocycles. The molecule has 27 heavy (non-hydrogen) atoms. The summed E-state index contributed by atoms with van der Waals surface area (Å²) in [6, 6.07) is 17.2. The summed E-state index contributed by atoms with van der Waals surface area (Å²) >= 11 is 3.37. The van der Waals surface area contributed by atoms with E-state index in [4.69, 9.17) is 0 Å². The highest BCUT2D eigenvalue weighted by molar-refractivity contribution is 9.10. The summed E-state index contributed by atoms with van der Waals surface area (Å²) in [6.45, 7) is 1.55. The largest absolute Gasteiger partial charge is 0.417 e. The molecular weight excluding hydrogens is 419 g/mol. The van der Waals surface area contributed by atoms with E-state index in [0.717, 1.165) is 10.5 Å². The van der Waals surface area contributed by atoms with Gasteiger partial charge in [-0.1, -0.05) is 46.3 Å². The van der Waals surface area contributed by atoms with Crippen molar-refractivity contribution in [1.29, 1.82) is 0 Å². The fourth-order valence-corrected chi connectivity index (χ4v) is 3.45. The van der Waals surface area contributed by atoms with Gasteiger partial charge in [-0.15, -0.1) is 0 Å². The molecule has 2 aromatic carbocycles. The van der Waals surface area contributed by atoms with Crippen molar-refractivity contribution >= 4 is 27.0 Å². The first-order chi connectivity index (χ1) is 12.8. The standard InChI is InChI=1S/C20H13BrF3N3/c1-12-10-16(20(22,23)24)17-18(13-6-5-7-14(21)11-13)26-27(19(17)25-12)15-8-3-2-4-9-15/h2-11H,1H3. The summed E-state index contributed by atoms with van der Waals surface area (Å²) in [6.07, 6.45) is -4.52. The number of para-hydroxylation sites is 1. The van der Waals surface area contributed by atoms with Gasteiger partial charge in [-0.3, -0.25) is 0 Å². The summed E-state index contributed by atoms with van der Waals surface area (Å²) in [5.74, 6) is 0. The van der Waals surface area contributed by atoms with Crippen molar-refractivity contribution in [2.24, 2.45) is 0 Å². The minimum Gasteiger partial charge on any atom is -0.233 e. The lowest BCUT2D eigenvalue weighted by molar-refractivity contribution is -0.136. The molecule has 0 spiro atoms. The van der Waals surface area contributed by atoms with E-state index in [1.807, 2.05) is 24.3 Å². The number of alkyl halides is 3. The lowest BCUT2D eigenvalue weighted by atomic mass is 10.0. The lowest BCUT2D eigenvalue weighted by Crippen LogP contribution is -2.08. The van der Waals surface area contributed by atoms with E-state index in [1.54, 1.807) is 37.3 Å². The number of aromatic nitrogens is 3. The second kappa shape index (κ2) is 6.49. The highest BCUT2D eigenvalue weighted by atomic mass is 79.9. The van der Waals surface area contributed by atoms with Gasteiger partial charge < -0.3 is 0 Å². The van der Waals surface area contributed by atoms with Crippen LogP contribution in [0.15, 0.2) is 65.1 Å². The van der Waals surface area contributed by atoms with Crippen LogP contribution in [0.2, 0.25) is 0 Å². The quantitative estimate of drug-likeness (QED) is 0.379. The van der Waals surface area contributed by atoms with Crippen LogP contribution in [-0.4, -0.2) is 14.8 Å². The number of hydrogen-bond acceptors (Lipinski definition) is 2. The van der Waals surface area contributed by atoms with Crippen LogP contribution in [0.25, 0.3) is 28.0 Å². The van der Waals surface area contributed by atoms with Crippen LogP contribution in [0.4, 0.5) is 13.2 Å². The van der Waals surface area contributed by atoms with E-state index in [2.05, 4.69) is 26.0 Å². The molecular formula is C20H13BrF3N3. The van der Waals surface area contributed by atoms with Crippen molar-refractivity contribution in [2.75, 3.05) is 0 Å². The Hall–Kier alpha value is -2.67. The summed E-state index contributed by atoms with van der Waals surface area (Å²) in [5.41, 5.74) is 1.21. The molecule has 2 heterocycles. The zero-order valence-electron chi connectivity index (χ0n) is 14.1. The van der Waals surface area contributed by atoms with Crippen LogP contribution in [0.1, 0.15) is 11.3 Å². The van der Waals surface area contributed by atoms with E-state index in [0.29, 0.717) is 11.3 Å². The van der Waals surface area contributed by atoms with Crippen molar-refractivity contribution in [2.45, 2.75) is 13.1 Å². The van der Waals surface area contributed by atoms with Crippen molar-refractivity contribution in [3.63, 3.8) is 0 Å². The zero-order chi connectivity index (χ0) is 19.2. The molecule has 7 heteroatoms. The summed E-state index contributed by atoms with van der Waals surface area (Å²) in [4.78, 5) is 4.38. The highest BCUT2D eigenvalue weighted by Gasteiger charge is 2.36. The second-order valence-corrected chi connectivity index (χ2v) is 7.03. The maximum absolute atomic E-state index is 13.8. The molecule has 0 unspecified atom stereocenters. The average molecular weight is 432 g/mol. The predicted molar refractivity (Wildman–Crippen MR) is 102 cm³/mol. The normalized spacial score (nSPS) is 11.9. The molecule has 0 fully saturated rings. The lowest BCUT2D eigenvalue weighted by Gasteiger charge is -2.10. The molecule has 0 aliphatic heterocycles. The molecule has 0 amide bonds. The molecule has 3 nitrogen and oxygen atoms in total. The third kappa shape index (κ3) is 3.23. The van der Waals surface area contributed by atoms with Gasteiger partial charge >= 0.3 is 6.18 Å². The summed E-state index contributed by atoms with van der Waals surface area (Å²) in [5, 5.41) is 4.51. The molecule has 0 saturated carbocycles. The van der Waals surface area contributed by atoms with Gasteiger partial charge in [-0.05, 0) is 37.3 Å². The second-order valence-electron chi connectivity index (χ2n) is 6.11. The molecule has 4 rings (SSSR count). The van der Waals surface area contributed by atoms with E-state index < -0.39 is 11.7 Å². The topological polar surface area (TPSA) is 30.7 Å². The molecule has 0 radical (unpaired) electrons. The third-order valence-electron chi connectivity index (χ3n) is 4.17. The van der Waals surface area contributed by atoms with Crippen LogP contribution in [-0.2, 0) is 6.18 Å². The van der Waals surface area contributed by atoms with Crippen molar-refractivity contribution in [3.8, 4) is 16.9 Å². The number of nitrogens with zero attached hydrogens (tertiary/aromatic N) is 3. The Morgan fingerprint density at radius 1 is 0.963 bits per heavy atom. The monoisotopic (exact) mass is 431 g/mol. The average Bonchev–Trinajstić information content (AvgIpc) is 3.00. The van der Waals surface area contributed by atoms with E-state index >= 15 is 0 Å². The molecule has 0 bridgehead atoms. The molecule has 136 valence electrons. The molecule has 0 saturated heterocycles. The number of rotatable bonds is 2. The predicted octanol–water partition coefficient (Wildman–Crippen LogP) is 6.18. The van der Waals surface area contributed by atoms with Gasteiger partial charge in [0.05, 0.1) is 16.6 Å². The molecule has 0 atom stereocenters. The zero-order valence-corrected chi connectivity index (χ0v) is 15.7.